The quantitative estimate of drug-likeness (QED) is 0.520. The first-order valence-electron chi connectivity index (χ1n) is 10.6. The number of esters is 1. The van der Waals surface area contributed by atoms with Crippen molar-refractivity contribution in [3.8, 4) is 0 Å². The lowest BCUT2D eigenvalue weighted by Crippen LogP contribution is -2.38. The molecule has 0 radical (unpaired) electrons. The Labute approximate surface area is 193 Å². The highest BCUT2D eigenvalue weighted by molar-refractivity contribution is 7.92. The van der Waals surface area contributed by atoms with Gasteiger partial charge < -0.3 is 9.64 Å². The Morgan fingerprint density at radius 1 is 0.970 bits per heavy atom. The highest BCUT2D eigenvalue weighted by Crippen LogP contribution is 2.27. The first-order valence-corrected chi connectivity index (χ1v) is 12.0. The Bertz CT molecular complexity index is 1270. The van der Waals surface area contributed by atoms with Crippen molar-refractivity contribution in [3.63, 3.8) is 0 Å². The molecule has 3 aromatic rings. The van der Waals surface area contributed by atoms with Crippen LogP contribution in [0.25, 0.3) is 0 Å². The van der Waals surface area contributed by atoms with E-state index in [2.05, 4.69) is 0 Å². The molecule has 7 nitrogen and oxygen atoms in total. The predicted molar refractivity (Wildman–Crippen MR) is 126 cm³/mol. The molecule has 4 rings (SSSR count). The minimum absolute atomic E-state index is 0.0420. The fourth-order valence-electron chi connectivity index (χ4n) is 3.80. The van der Waals surface area contributed by atoms with Crippen LogP contribution in [0.15, 0.2) is 83.8 Å². The fourth-order valence-corrected chi connectivity index (χ4v) is 5.04. The summed E-state index contributed by atoms with van der Waals surface area (Å²) < 4.78 is 32.4. The second-order valence-electron chi connectivity index (χ2n) is 7.69. The summed E-state index contributed by atoms with van der Waals surface area (Å²) >= 11 is 0. The van der Waals surface area contributed by atoms with Crippen LogP contribution in [0, 0.1) is 0 Å². The predicted octanol–water partition coefficient (Wildman–Crippen LogP) is 3.65. The van der Waals surface area contributed by atoms with E-state index in [1.165, 1.54) is 31.3 Å². The summed E-state index contributed by atoms with van der Waals surface area (Å²) in [6.45, 7) is 0.140. The number of aryl methyl sites for hydroxylation is 1. The van der Waals surface area contributed by atoms with Gasteiger partial charge in [0.15, 0.2) is 6.61 Å². The maximum atomic E-state index is 13.0. The van der Waals surface area contributed by atoms with Gasteiger partial charge in [-0.2, -0.15) is 0 Å². The van der Waals surface area contributed by atoms with Crippen molar-refractivity contribution in [2.24, 2.45) is 0 Å². The van der Waals surface area contributed by atoms with Crippen molar-refractivity contribution in [1.82, 2.24) is 0 Å². The molecule has 0 spiro atoms. The summed E-state index contributed by atoms with van der Waals surface area (Å²) in [7, 11) is -2.43. The molecule has 0 fully saturated rings. The lowest BCUT2D eigenvalue weighted by atomic mass is 10.0. The summed E-state index contributed by atoms with van der Waals surface area (Å²) in [4.78, 5) is 26.9. The summed E-state index contributed by atoms with van der Waals surface area (Å²) in [5.41, 5.74) is 2.48. The Balaban J connectivity index is 1.46. The van der Waals surface area contributed by atoms with Crippen molar-refractivity contribution in [2.45, 2.75) is 17.7 Å². The van der Waals surface area contributed by atoms with Crippen molar-refractivity contribution < 1.29 is 22.7 Å². The third-order valence-corrected chi connectivity index (χ3v) is 7.37. The lowest BCUT2D eigenvalue weighted by molar-refractivity contribution is -0.121. The molecule has 0 atom stereocenters. The van der Waals surface area contributed by atoms with E-state index in [1.807, 2.05) is 24.3 Å². The topological polar surface area (TPSA) is 84.0 Å². The fraction of sp³-hybridized carbons (Fsp3) is 0.200. The number of ether oxygens (including phenoxy) is 1. The van der Waals surface area contributed by atoms with Gasteiger partial charge >= 0.3 is 5.97 Å². The first kappa shape index (κ1) is 22.5. The Morgan fingerprint density at radius 3 is 2.48 bits per heavy atom. The number of hydrogen-bond donors (Lipinski definition) is 0. The number of carbonyl (C=O) groups excluding carboxylic acids is 2. The minimum Gasteiger partial charge on any atom is -0.452 e. The molecule has 33 heavy (non-hydrogen) atoms. The van der Waals surface area contributed by atoms with E-state index in [4.69, 9.17) is 4.74 Å². The van der Waals surface area contributed by atoms with Gasteiger partial charge in [-0.05, 0) is 54.8 Å². The summed E-state index contributed by atoms with van der Waals surface area (Å²) in [6.07, 6.45) is 1.74. The monoisotopic (exact) mass is 464 g/mol. The summed E-state index contributed by atoms with van der Waals surface area (Å²) in [5.74, 6) is -1.07. The van der Waals surface area contributed by atoms with Crippen molar-refractivity contribution >= 4 is 33.3 Å². The number of carbonyl (C=O) groups is 2. The van der Waals surface area contributed by atoms with Crippen LogP contribution in [0.5, 0.6) is 0 Å². The molecule has 1 aliphatic rings. The zero-order valence-electron chi connectivity index (χ0n) is 18.2. The van der Waals surface area contributed by atoms with E-state index >= 15 is 0 Å². The van der Waals surface area contributed by atoms with Crippen LogP contribution in [0.4, 0.5) is 11.4 Å². The van der Waals surface area contributed by atoms with E-state index in [0.717, 1.165) is 28.4 Å². The van der Waals surface area contributed by atoms with Crippen LogP contribution in [0.2, 0.25) is 0 Å². The Morgan fingerprint density at radius 2 is 1.70 bits per heavy atom. The highest BCUT2D eigenvalue weighted by atomic mass is 32.2. The van der Waals surface area contributed by atoms with Gasteiger partial charge in [0.2, 0.25) is 0 Å². The van der Waals surface area contributed by atoms with Crippen LogP contribution in [0.1, 0.15) is 22.3 Å². The third kappa shape index (κ3) is 4.75. The van der Waals surface area contributed by atoms with E-state index in [-0.39, 0.29) is 16.4 Å². The molecule has 0 N–H and O–H groups in total. The normalized spacial score (nSPS) is 13.2. The number of hydrogen-bond acceptors (Lipinski definition) is 5. The molecule has 0 saturated carbocycles. The molecule has 0 unspecified atom stereocenters. The second-order valence-corrected chi connectivity index (χ2v) is 9.66. The van der Waals surface area contributed by atoms with Gasteiger partial charge in [0, 0.05) is 19.3 Å². The van der Waals surface area contributed by atoms with Crippen LogP contribution < -0.4 is 9.21 Å². The zero-order valence-corrected chi connectivity index (χ0v) is 19.0. The number of benzene rings is 3. The number of anilines is 2. The number of para-hydroxylation sites is 2. The molecule has 1 aliphatic heterocycles. The average Bonchev–Trinajstić information content (AvgIpc) is 2.86. The van der Waals surface area contributed by atoms with Crippen LogP contribution in [0.3, 0.4) is 0 Å². The molecular formula is C25H24N2O5S. The van der Waals surface area contributed by atoms with Crippen molar-refractivity contribution in [2.75, 3.05) is 29.4 Å². The third-order valence-electron chi connectivity index (χ3n) is 5.59. The maximum Gasteiger partial charge on any atom is 0.338 e. The molecule has 8 heteroatoms. The lowest BCUT2D eigenvalue weighted by Gasteiger charge is -2.29. The molecule has 1 heterocycles. The molecular weight excluding hydrogens is 440 g/mol. The average molecular weight is 465 g/mol. The van der Waals surface area contributed by atoms with Crippen molar-refractivity contribution in [3.05, 3.63) is 90.0 Å². The molecule has 0 saturated heterocycles. The number of amides is 1. The molecule has 0 aromatic heterocycles. The number of rotatable bonds is 6. The van der Waals surface area contributed by atoms with Gasteiger partial charge in [0.25, 0.3) is 15.9 Å². The number of nitrogens with zero attached hydrogens (tertiary/aromatic N) is 2. The summed E-state index contributed by atoms with van der Waals surface area (Å²) in [6, 6.07) is 21.9. The molecule has 0 aliphatic carbocycles. The van der Waals surface area contributed by atoms with Crippen LogP contribution in [-0.4, -0.2) is 40.5 Å². The number of sulfonamides is 1. The Hall–Kier alpha value is -3.65. The van der Waals surface area contributed by atoms with E-state index in [0.29, 0.717) is 12.2 Å². The molecule has 1 amide bonds. The smallest absolute Gasteiger partial charge is 0.338 e. The van der Waals surface area contributed by atoms with Gasteiger partial charge in [0.05, 0.1) is 16.1 Å². The molecule has 170 valence electrons. The van der Waals surface area contributed by atoms with Crippen LogP contribution >= 0.6 is 0 Å². The standard InChI is InChI=1S/C25H24N2O5S/c1-26(21-12-3-2-4-13-21)33(30,31)22-14-7-10-20(17-22)25(29)32-18-24(28)27-16-8-11-19-9-5-6-15-23(19)27/h2-7,9-10,12-15,17H,8,11,16,18H2,1H3. The zero-order chi connectivity index (χ0) is 23.4. The van der Waals surface area contributed by atoms with Gasteiger partial charge in [-0.25, -0.2) is 13.2 Å². The highest BCUT2D eigenvalue weighted by Gasteiger charge is 2.25. The van der Waals surface area contributed by atoms with Crippen molar-refractivity contribution in [1.29, 1.82) is 0 Å². The second kappa shape index (κ2) is 9.46. The largest absolute Gasteiger partial charge is 0.452 e. The van der Waals surface area contributed by atoms with Gasteiger partial charge in [-0.15, -0.1) is 0 Å². The minimum atomic E-state index is -3.88. The van der Waals surface area contributed by atoms with E-state index in [1.54, 1.807) is 35.2 Å². The molecule has 3 aromatic carbocycles. The van der Waals surface area contributed by atoms with Gasteiger partial charge in [-0.1, -0.05) is 42.5 Å². The number of fused-ring (bicyclic) bond motifs is 1. The maximum absolute atomic E-state index is 13.0. The summed E-state index contributed by atoms with van der Waals surface area (Å²) in [5, 5.41) is 0. The van der Waals surface area contributed by atoms with E-state index in [9.17, 15) is 18.0 Å². The van der Waals surface area contributed by atoms with E-state index < -0.39 is 22.6 Å². The van der Waals surface area contributed by atoms with Crippen LogP contribution in [-0.2, 0) is 26.0 Å². The molecule has 0 bridgehead atoms. The Kier molecular flexibility index (Phi) is 6.46. The SMILES string of the molecule is CN(c1ccccc1)S(=O)(=O)c1cccc(C(=O)OCC(=O)N2CCCc3ccccc32)c1. The van der Waals surface area contributed by atoms with Gasteiger partial charge in [-0.3, -0.25) is 9.10 Å². The first-order chi connectivity index (χ1) is 15.9. The van der Waals surface area contributed by atoms with Gasteiger partial charge in [0.1, 0.15) is 0 Å².